The lowest BCUT2D eigenvalue weighted by Crippen LogP contribution is -2.26. The van der Waals surface area contributed by atoms with E-state index in [4.69, 9.17) is 9.84 Å². The quantitative estimate of drug-likeness (QED) is 0.401. The maximum absolute atomic E-state index is 12.5. The van der Waals surface area contributed by atoms with Crippen molar-refractivity contribution in [3.8, 4) is 17.0 Å². The molecule has 1 fully saturated rings. The van der Waals surface area contributed by atoms with Crippen LogP contribution in [-0.4, -0.2) is 42.3 Å². The normalized spacial score (nSPS) is 18.1. The molecule has 1 aliphatic rings. The summed E-state index contributed by atoms with van der Waals surface area (Å²) in [6, 6.07) is 10.0. The van der Waals surface area contributed by atoms with Crippen LogP contribution in [0.2, 0.25) is 0 Å². The summed E-state index contributed by atoms with van der Waals surface area (Å²) < 4.78 is 12.0. The Balaban J connectivity index is 1.26. The third-order valence-electron chi connectivity index (χ3n) is 7.19. The SMILES string of the molecule is CNc1cc2c(cn1)c(-c1cnn(C)c1)nn2C1CCC(Oc2cccc3c(=O)n(C)ccc23)CC1. The molecule has 1 aromatic carbocycles. The van der Waals surface area contributed by atoms with Crippen molar-refractivity contribution in [3.63, 3.8) is 0 Å². The van der Waals surface area contributed by atoms with E-state index in [9.17, 15) is 4.79 Å². The van der Waals surface area contributed by atoms with Gasteiger partial charge in [-0.3, -0.25) is 14.2 Å². The summed E-state index contributed by atoms with van der Waals surface area (Å²) in [4.78, 5) is 17.1. The second kappa shape index (κ2) is 8.82. The fraction of sp³-hybridized carbons (Fsp3) is 0.333. The number of hydrogen-bond donors (Lipinski definition) is 1. The number of ether oxygens (including phenoxy) is 1. The fourth-order valence-corrected chi connectivity index (χ4v) is 5.24. The topological polar surface area (TPSA) is 91.8 Å². The van der Waals surface area contributed by atoms with Gasteiger partial charge in [-0.15, -0.1) is 0 Å². The van der Waals surface area contributed by atoms with Gasteiger partial charge in [-0.25, -0.2) is 4.98 Å². The Morgan fingerprint density at radius 1 is 1.03 bits per heavy atom. The van der Waals surface area contributed by atoms with Crippen molar-refractivity contribution in [3.05, 3.63) is 65.5 Å². The Hall–Kier alpha value is -4.14. The standard InChI is InChI=1S/C27H29N7O2/c1-28-25-13-23-22(15-29-25)26(17-14-30-33(3)16-17)31-34(23)18-7-9-19(10-8-18)36-24-6-4-5-21-20(24)11-12-32(2)27(21)35/h4-6,11-16,18-19H,7-10H2,1-3H3,(H,28,29). The second-order valence-corrected chi connectivity index (χ2v) is 9.53. The second-order valence-electron chi connectivity index (χ2n) is 9.53. The van der Waals surface area contributed by atoms with Gasteiger partial charge < -0.3 is 14.6 Å². The minimum atomic E-state index is -0.00735. The summed E-state index contributed by atoms with van der Waals surface area (Å²) in [5, 5.41) is 15.1. The number of fused-ring (bicyclic) bond motifs is 2. The van der Waals surface area contributed by atoms with Crippen molar-refractivity contribution in [2.75, 3.05) is 12.4 Å². The largest absolute Gasteiger partial charge is 0.490 e. The Labute approximate surface area is 208 Å². The molecule has 1 saturated carbocycles. The molecule has 36 heavy (non-hydrogen) atoms. The molecule has 0 radical (unpaired) electrons. The first-order chi connectivity index (χ1) is 17.5. The number of aryl methyl sites for hydroxylation is 2. The molecular weight excluding hydrogens is 454 g/mol. The highest BCUT2D eigenvalue weighted by Crippen LogP contribution is 2.37. The van der Waals surface area contributed by atoms with Crippen LogP contribution in [0.4, 0.5) is 5.82 Å². The van der Waals surface area contributed by atoms with E-state index in [-0.39, 0.29) is 17.7 Å². The molecular formula is C27H29N7O2. The van der Waals surface area contributed by atoms with Gasteiger partial charge in [0.1, 0.15) is 17.3 Å². The van der Waals surface area contributed by atoms with Crippen LogP contribution in [0.5, 0.6) is 5.75 Å². The van der Waals surface area contributed by atoms with E-state index in [0.29, 0.717) is 5.39 Å². The molecule has 5 aromatic rings. The molecule has 0 spiro atoms. The predicted octanol–water partition coefficient (Wildman–Crippen LogP) is 4.29. The minimum Gasteiger partial charge on any atom is -0.490 e. The molecule has 1 aliphatic carbocycles. The third kappa shape index (κ3) is 3.80. The van der Waals surface area contributed by atoms with Gasteiger partial charge >= 0.3 is 0 Å². The van der Waals surface area contributed by atoms with Crippen molar-refractivity contribution in [2.24, 2.45) is 14.1 Å². The first-order valence-electron chi connectivity index (χ1n) is 12.3. The molecule has 0 aliphatic heterocycles. The Morgan fingerprint density at radius 3 is 2.61 bits per heavy atom. The van der Waals surface area contributed by atoms with Crippen LogP contribution in [0.3, 0.4) is 0 Å². The summed E-state index contributed by atoms with van der Waals surface area (Å²) in [6.45, 7) is 0. The molecule has 9 nitrogen and oxygen atoms in total. The molecule has 0 saturated heterocycles. The molecule has 0 unspecified atom stereocenters. The lowest BCUT2D eigenvalue weighted by molar-refractivity contribution is 0.132. The molecule has 6 rings (SSSR count). The summed E-state index contributed by atoms with van der Waals surface area (Å²) >= 11 is 0. The third-order valence-corrected chi connectivity index (χ3v) is 7.19. The Kier molecular flexibility index (Phi) is 5.47. The number of aromatic nitrogens is 6. The number of benzene rings is 1. The van der Waals surface area contributed by atoms with Crippen molar-refractivity contribution in [2.45, 2.75) is 37.8 Å². The Morgan fingerprint density at radius 2 is 1.86 bits per heavy atom. The average Bonchev–Trinajstić information content (AvgIpc) is 3.50. The molecule has 0 bridgehead atoms. The number of rotatable bonds is 5. The highest BCUT2D eigenvalue weighted by atomic mass is 16.5. The van der Waals surface area contributed by atoms with Crippen molar-refractivity contribution < 1.29 is 4.74 Å². The minimum absolute atomic E-state index is 0.00735. The van der Waals surface area contributed by atoms with Crippen LogP contribution in [0.15, 0.2) is 59.9 Å². The number of nitrogens with zero attached hydrogens (tertiary/aromatic N) is 6. The molecule has 184 valence electrons. The van der Waals surface area contributed by atoms with Crippen LogP contribution < -0.4 is 15.6 Å². The molecule has 9 heteroatoms. The maximum atomic E-state index is 12.5. The van der Waals surface area contributed by atoms with Gasteiger partial charge in [0, 0.05) is 62.1 Å². The van der Waals surface area contributed by atoms with E-state index < -0.39 is 0 Å². The first-order valence-corrected chi connectivity index (χ1v) is 12.3. The monoisotopic (exact) mass is 483 g/mol. The van der Waals surface area contributed by atoms with E-state index in [1.54, 1.807) is 22.5 Å². The predicted molar refractivity (Wildman–Crippen MR) is 140 cm³/mol. The van der Waals surface area contributed by atoms with Gasteiger partial charge in [0.2, 0.25) is 0 Å². The van der Waals surface area contributed by atoms with Gasteiger partial charge in [0.25, 0.3) is 5.56 Å². The van der Waals surface area contributed by atoms with Crippen LogP contribution in [0.1, 0.15) is 31.7 Å². The number of hydrogen-bond acceptors (Lipinski definition) is 6. The zero-order valence-electron chi connectivity index (χ0n) is 20.7. The van der Waals surface area contributed by atoms with Crippen molar-refractivity contribution in [1.82, 2.24) is 29.1 Å². The van der Waals surface area contributed by atoms with Gasteiger partial charge in [0.05, 0.1) is 29.2 Å². The molecule has 4 heterocycles. The highest BCUT2D eigenvalue weighted by Gasteiger charge is 2.27. The van der Waals surface area contributed by atoms with Crippen LogP contribution in [-0.2, 0) is 14.1 Å². The van der Waals surface area contributed by atoms with E-state index in [0.717, 1.165) is 64.8 Å². The lowest BCUT2D eigenvalue weighted by Gasteiger charge is -2.30. The van der Waals surface area contributed by atoms with Gasteiger partial charge in [-0.05, 0) is 43.9 Å². The average molecular weight is 484 g/mol. The molecule has 1 N–H and O–H groups in total. The zero-order valence-corrected chi connectivity index (χ0v) is 20.7. The van der Waals surface area contributed by atoms with Gasteiger partial charge in [0.15, 0.2) is 0 Å². The summed E-state index contributed by atoms with van der Waals surface area (Å²) in [5.41, 5.74) is 2.96. The van der Waals surface area contributed by atoms with E-state index >= 15 is 0 Å². The van der Waals surface area contributed by atoms with E-state index in [1.807, 2.05) is 57.0 Å². The Bertz CT molecular complexity index is 1620. The zero-order chi connectivity index (χ0) is 24.8. The fourth-order valence-electron chi connectivity index (χ4n) is 5.24. The van der Waals surface area contributed by atoms with E-state index in [2.05, 4.69) is 26.1 Å². The molecule has 0 atom stereocenters. The van der Waals surface area contributed by atoms with Crippen molar-refractivity contribution >= 4 is 27.5 Å². The van der Waals surface area contributed by atoms with Crippen molar-refractivity contribution in [1.29, 1.82) is 0 Å². The number of pyridine rings is 2. The summed E-state index contributed by atoms with van der Waals surface area (Å²) in [7, 11) is 5.56. The lowest BCUT2D eigenvalue weighted by atomic mass is 9.93. The maximum Gasteiger partial charge on any atom is 0.258 e. The summed E-state index contributed by atoms with van der Waals surface area (Å²) in [5.74, 6) is 1.60. The first kappa shape index (κ1) is 22.3. The molecule has 4 aromatic heterocycles. The molecule has 0 amide bonds. The van der Waals surface area contributed by atoms with E-state index in [1.165, 1.54) is 0 Å². The highest BCUT2D eigenvalue weighted by molar-refractivity contribution is 5.93. The van der Waals surface area contributed by atoms with Gasteiger partial charge in [-0.2, -0.15) is 10.2 Å². The van der Waals surface area contributed by atoms with Crippen LogP contribution in [0, 0.1) is 0 Å². The van der Waals surface area contributed by atoms with Crippen LogP contribution >= 0.6 is 0 Å². The number of anilines is 1. The smallest absolute Gasteiger partial charge is 0.258 e. The summed E-state index contributed by atoms with van der Waals surface area (Å²) in [6.07, 6.45) is 11.4. The van der Waals surface area contributed by atoms with Gasteiger partial charge in [-0.1, -0.05) is 6.07 Å². The number of nitrogens with one attached hydrogen (secondary N) is 1. The van der Waals surface area contributed by atoms with Crippen LogP contribution in [0.25, 0.3) is 32.9 Å².